The van der Waals surface area contributed by atoms with Gasteiger partial charge in [-0.1, -0.05) is 30.7 Å². The Morgan fingerprint density at radius 2 is 1.58 bits per heavy atom. The Morgan fingerprint density at radius 3 is 2.14 bits per heavy atom. The van der Waals surface area contributed by atoms with Gasteiger partial charge in [-0.2, -0.15) is 5.26 Å². The summed E-state index contributed by atoms with van der Waals surface area (Å²) in [6, 6.07) is 11.0. The molecule has 5 rings (SSSR count). The molecule has 0 bridgehead atoms. The van der Waals surface area contributed by atoms with E-state index >= 15 is 0 Å². The van der Waals surface area contributed by atoms with Crippen LogP contribution in [0.1, 0.15) is 95.1 Å². The first kappa shape index (κ1) is 50.1. The highest BCUT2D eigenvalue weighted by Crippen LogP contribution is 2.41. The first-order valence-electron chi connectivity index (χ1n) is 21.8. The van der Waals surface area contributed by atoms with E-state index in [-0.39, 0.29) is 56.4 Å². The highest BCUT2D eigenvalue weighted by molar-refractivity contribution is 6.05. The molecule has 2 aliphatic heterocycles. The van der Waals surface area contributed by atoms with Crippen molar-refractivity contribution in [3.63, 3.8) is 0 Å². The number of nitrogens with one attached hydrogen (secondary N) is 4. The van der Waals surface area contributed by atoms with E-state index in [1.54, 1.807) is 56.9 Å². The first-order valence-corrected chi connectivity index (χ1v) is 21.8. The molecule has 356 valence electrons. The van der Waals surface area contributed by atoms with Crippen LogP contribution in [0, 0.1) is 16.7 Å². The number of nitrogens with zero attached hydrogens (tertiary/aromatic N) is 4. The summed E-state index contributed by atoms with van der Waals surface area (Å²) in [6.07, 6.45) is -3.68. The second-order valence-corrected chi connectivity index (χ2v) is 17.8. The third-order valence-electron chi connectivity index (χ3n) is 11.7. The molecular weight excluding hydrogens is 859 g/mol. The van der Waals surface area contributed by atoms with E-state index in [0.29, 0.717) is 43.7 Å². The minimum atomic E-state index is -1.64. The fourth-order valence-electron chi connectivity index (χ4n) is 7.73. The third kappa shape index (κ3) is 13.1. The van der Waals surface area contributed by atoms with Crippen molar-refractivity contribution in [3.05, 3.63) is 65.2 Å². The molecule has 0 radical (unpaired) electrons. The average molecular weight is 918 g/mol. The molecule has 21 heteroatoms. The van der Waals surface area contributed by atoms with E-state index < -0.39 is 89.2 Å². The Kier molecular flexibility index (Phi) is 16.5. The zero-order valence-electron chi connectivity index (χ0n) is 37.8. The standard InChI is InChI=1S/C45H59N9O12/c1-27(29-11-9-28(25-46)10-12-29)49-37(56)34-24-32(26-54(34)42(62)66-44(2,3)4)64-43(63)65-35(38(57)53-22-20-52(5)21-23-53)30-13-15-31(16-14-30)50-36(55)33(8-6-19-48-41(47)61)51-39(58)45(40(59)60)17-7-18-45/h9-16,27,32-35H,6-8,17-24,26H2,1-5H3,(H,49,56)(H,50,55)(H,51,58)(H,59,60)(H3,47,48,61)/t27?,32-,33?,34+,35?/m1/s1. The maximum Gasteiger partial charge on any atom is 0.509 e. The van der Waals surface area contributed by atoms with Crippen molar-refractivity contribution in [2.45, 2.75) is 102 Å². The summed E-state index contributed by atoms with van der Waals surface area (Å²) in [7, 11) is 1.91. The van der Waals surface area contributed by atoms with E-state index in [1.165, 1.54) is 29.2 Å². The van der Waals surface area contributed by atoms with Gasteiger partial charge >= 0.3 is 24.2 Å². The minimum Gasteiger partial charge on any atom is -0.480 e. The summed E-state index contributed by atoms with van der Waals surface area (Å²) in [4.78, 5) is 110. The van der Waals surface area contributed by atoms with Gasteiger partial charge in [-0.15, -0.1) is 0 Å². The SMILES string of the molecule is CC(NC(=O)[C@@H]1C[C@@H](OC(=O)OC(C(=O)N2CCN(C)CC2)c2ccc(NC(=O)C(CCCNC(N)=O)NC(=O)C3(C(=O)O)CCC3)cc2)CN1C(=O)OC(C)(C)C)c1ccc(C#N)cc1. The molecule has 0 aromatic heterocycles. The van der Waals surface area contributed by atoms with Crippen LogP contribution in [0.25, 0.3) is 0 Å². The lowest BCUT2D eigenvalue weighted by molar-refractivity contribution is -0.162. The van der Waals surface area contributed by atoms with Gasteiger partial charge in [0.15, 0.2) is 0 Å². The number of benzene rings is 2. The Labute approximate surface area is 382 Å². The van der Waals surface area contributed by atoms with Crippen LogP contribution < -0.4 is 27.0 Å². The molecule has 7 N–H and O–H groups in total. The van der Waals surface area contributed by atoms with Gasteiger partial charge in [0, 0.05) is 50.4 Å². The Bertz CT molecular complexity index is 2160. The van der Waals surface area contributed by atoms with Crippen LogP contribution in [-0.4, -0.2) is 138 Å². The molecule has 0 spiro atoms. The van der Waals surface area contributed by atoms with E-state index in [4.69, 9.17) is 19.9 Å². The highest BCUT2D eigenvalue weighted by atomic mass is 16.7. The number of likely N-dealkylation sites (N-methyl/N-ethyl adjacent to an activating group) is 1. The molecule has 7 amide bonds. The number of ether oxygens (including phenoxy) is 3. The van der Waals surface area contributed by atoms with Crippen LogP contribution in [0.15, 0.2) is 48.5 Å². The fraction of sp³-hybridized carbons (Fsp3) is 0.533. The van der Waals surface area contributed by atoms with Gasteiger partial charge in [-0.05, 0) is 90.3 Å². The number of carboxylic acids is 1. The zero-order valence-corrected chi connectivity index (χ0v) is 37.8. The Morgan fingerprint density at radius 1 is 0.939 bits per heavy atom. The number of carbonyl (C=O) groups is 8. The van der Waals surface area contributed by atoms with Crippen LogP contribution in [0.4, 0.5) is 20.1 Å². The minimum absolute atomic E-state index is 0.0306. The molecule has 1 saturated carbocycles. The summed E-state index contributed by atoms with van der Waals surface area (Å²) < 4.78 is 17.0. The molecule has 2 saturated heterocycles. The maximum atomic E-state index is 14.1. The molecule has 2 aromatic carbocycles. The van der Waals surface area contributed by atoms with E-state index in [2.05, 4.69) is 21.3 Å². The molecule has 1 aliphatic carbocycles. The lowest BCUT2D eigenvalue weighted by Crippen LogP contribution is -2.55. The number of nitriles is 1. The van der Waals surface area contributed by atoms with Crippen LogP contribution in [0.2, 0.25) is 0 Å². The molecule has 21 nitrogen and oxygen atoms in total. The molecule has 3 unspecified atom stereocenters. The van der Waals surface area contributed by atoms with Gasteiger partial charge in [0.25, 0.3) is 5.91 Å². The number of nitrogens with two attached hydrogens (primary N) is 1. The van der Waals surface area contributed by atoms with Gasteiger partial charge in [0.2, 0.25) is 23.8 Å². The van der Waals surface area contributed by atoms with Crippen molar-refractivity contribution in [1.29, 1.82) is 5.26 Å². The summed E-state index contributed by atoms with van der Waals surface area (Å²) in [5, 5.41) is 29.5. The van der Waals surface area contributed by atoms with Crippen molar-refractivity contribution in [3.8, 4) is 6.07 Å². The third-order valence-corrected chi connectivity index (χ3v) is 11.7. The smallest absolute Gasteiger partial charge is 0.480 e. The number of hydrogen-bond acceptors (Lipinski definition) is 13. The Hall–Kier alpha value is -6.95. The topological polar surface area (TPSA) is 292 Å². The van der Waals surface area contributed by atoms with Gasteiger partial charge in [0.05, 0.1) is 24.2 Å². The molecule has 2 heterocycles. The number of amides is 7. The predicted octanol–water partition coefficient (Wildman–Crippen LogP) is 2.91. The number of urea groups is 1. The fourth-order valence-corrected chi connectivity index (χ4v) is 7.73. The number of carbonyl (C=O) groups excluding carboxylic acids is 7. The van der Waals surface area contributed by atoms with Crippen LogP contribution in [0.5, 0.6) is 0 Å². The molecule has 3 fully saturated rings. The number of likely N-dealkylation sites (tertiary alicyclic amines) is 1. The number of rotatable bonds is 16. The van der Waals surface area contributed by atoms with E-state index in [0.717, 1.165) is 0 Å². The quantitative estimate of drug-likeness (QED) is 0.0802. The first-order chi connectivity index (χ1) is 31.2. The number of carboxylic acid groups (broad SMARTS) is 1. The van der Waals surface area contributed by atoms with Gasteiger partial charge in [0.1, 0.15) is 29.2 Å². The summed E-state index contributed by atoms with van der Waals surface area (Å²) in [5.74, 6) is -3.83. The summed E-state index contributed by atoms with van der Waals surface area (Å²) >= 11 is 0. The molecule has 66 heavy (non-hydrogen) atoms. The molecule has 5 atom stereocenters. The second kappa shape index (κ2) is 21.8. The largest absolute Gasteiger partial charge is 0.509 e. The maximum absolute atomic E-state index is 14.1. The normalized spacial score (nSPS) is 19.3. The number of aliphatic carboxylic acids is 1. The lowest BCUT2D eigenvalue weighted by Gasteiger charge is -2.37. The number of anilines is 1. The van der Waals surface area contributed by atoms with Gasteiger partial charge in [-0.25, -0.2) is 14.4 Å². The van der Waals surface area contributed by atoms with Gasteiger partial charge in [-0.3, -0.25) is 28.9 Å². The van der Waals surface area contributed by atoms with Crippen molar-refractivity contribution < 1.29 is 57.7 Å². The molecule has 3 aliphatic rings. The average Bonchev–Trinajstić information content (AvgIpc) is 3.67. The second-order valence-electron chi connectivity index (χ2n) is 17.8. The lowest BCUT2D eigenvalue weighted by atomic mass is 9.68. The number of primary amides is 1. The monoisotopic (exact) mass is 917 g/mol. The van der Waals surface area contributed by atoms with Crippen LogP contribution in [0.3, 0.4) is 0 Å². The number of piperazine rings is 1. The highest BCUT2D eigenvalue weighted by Gasteiger charge is 2.52. The van der Waals surface area contributed by atoms with E-state index in [9.17, 15) is 48.7 Å². The summed E-state index contributed by atoms with van der Waals surface area (Å²) in [6.45, 7) is 8.45. The zero-order chi connectivity index (χ0) is 48.3. The van der Waals surface area contributed by atoms with Crippen molar-refractivity contribution in [2.75, 3.05) is 51.6 Å². The van der Waals surface area contributed by atoms with E-state index in [1.807, 2.05) is 18.0 Å². The van der Waals surface area contributed by atoms with Gasteiger partial charge < -0.3 is 56.1 Å². The van der Waals surface area contributed by atoms with Crippen molar-refractivity contribution in [1.82, 2.24) is 30.7 Å². The van der Waals surface area contributed by atoms with Crippen molar-refractivity contribution in [2.24, 2.45) is 11.1 Å². The van der Waals surface area contributed by atoms with Crippen molar-refractivity contribution >= 4 is 53.6 Å². The van der Waals surface area contributed by atoms with Crippen LogP contribution >= 0.6 is 0 Å². The summed E-state index contributed by atoms with van der Waals surface area (Å²) in [5.41, 5.74) is 4.21. The molecule has 2 aromatic rings. The van der Waals surface area contributed by atoms with Crippen LogP contribution in [-0.2, 0) is 38.2 Å². The number of hydrogen-bond donors (Lipinski definition) is 6. The molecular formula is C45H59N9O12. The predicted molar refractivity (Wildman–Crippen MR) is 235 cm³/mol. The Balaban J connectivity index is 1.31.